The van der Waals surface area contributed by atoms with Crippen LogP contribution in [0, 0.1) is 5.95 Å². The van der Waals surface area contributed by atoms with Gasteiger partial charge in [-0.1, -0.05) is 28.1 Å². The Morgan fingerprint density at radius 2 is 2.44 bits per heavy atom. The zero-order chi connectivity index (χ0) is 12.0. The van der Waals surface area contributed by atoms with Crippen LogP contribution >= 0.6 is 15.9 Å². The Balaban J connectivity index is 2.93. The molecule has 3 nitrogen and oxygen atoms in total. The Morgan fingerprint density at radius 3 is 3.06 bits per heavy atom. The van der Waals surface area contributed by atoms with Gasteiger partial charge in [0.1, 0.15) is 5.56 Å². The molecule has 1 aromatic rings. The first kappa shape index (κ1) is 12.8. The lowest BCUT2D eigenvalue weighted by Gasteiger charge is -2.01. The third-order valence-corrected chi connectivity index (χ3v) is 2.31. The zero-order valence-corrected chi connectivity index (χ0v) is 10.3. The molecule has 0 saturated carbocycles. The third-order valence-electron chi connectivity index (χ3n) is 1.85. The number of hydrogen-bond acceptors (Lipinski definition) is 3. The highest BCUT2D eigenvalue weighted by Gasteiger charge is 2.13. The molecule has 0 amide bonds. The summed E-state index contributed by atoms with van der Waals surface area (Å²) in [5, 5.41) is 0.849. The van der Waals surface area contributed by atoms with Crippen molar-refractivity contribution in [3.8, 4) is 0 Å². The summed E-state index contributed by atoms with van der Waals surface area (Å²) < 4.78 is 17.6. The average molecular weight is 288 g/mol. The van der Waals surface area contributed by atoms with E-state index in [-0.39, 0.29) is 5.56 Å². The smallest absolute Gasteiger partial charge is 0.342 e. The van der Waals surface area contributed by atoms with Gasteiger partial charge in [0, 0.05) is 11.5 Å². The van der Waals surface area contributed by atoms with Gasteiger partial charge in [0.25, 0.3) is 0 Å². The highest BCUT2D eigenvalue weighted by Crippen LogP contribution is 2.10. The number of halogens is 2. The molecule has 0 saturated heterocycles. The van der Waals surface area contributed by atoms with Gasteiger partial charge >= 0.3 is 5.97 Å². The van der Waals surface area contributed by atoms with E-state index in [4.69, 9.17) is 0 Å². The summed E-state index contributed by atoms with van der Waals surface area (Å²) in [5.74, 6) is -1.54. The van der Waals surface area contributed by atoms with Crippen LogP contribution in [0.3, 0.4) is 0 Å². The SMILES string of the molecule is COC(=O)c1cc(C=CCCBr)cnc1F. The van der Waals surface area contributed by atoms with E-state index < -0.39 is 11.9 Å². The van der Waals surface area contributed by atoms with Crippen LogP contribution in [0.2, 0.25) is 0 Å². The normalized spacial score (nSPS) is 10.7. The molecule has 0 bridgehead atoms. The predicted molar refractivity (Wildman–Crippen MR) is 63.0 cm³/mol. The van der Waals surface area contributed by atoms with Crippen molar-refractivity contribution in [2.45, 2.75) is 6.42 Å². The third kappa shape index (κ3) is 3.41. The number of nitrogens with zero attached hydrogens (tertiary/aromatic N) is 1. The van der Waals surface area contributed by atoms with Crippen LogP contribution in [0.15, 0.2) is 18.3 Å². The lowest BCUT2D eigenvalue weighted by Crippen LogP contribution is -2.06. The Kier molecular flexibility index (Phi) is 5.11. The zero-order valence-electron chi connectivity index (χ0n) is 8.74. The van der Waals surface area contributed by atoms with Gasteiger partial charge in [-0.15, -0.1) is 0 Å². The van der Waals surface area contributed by atoms with Crippen molar-refractivity contribution in [1.29, 1.82) is 0 Å². The van der Waals surface area contributed by atoms with Gasteiger partial charge in [0.05, 0.1) is 7.11 Å². The summed E-state index contributed by atoms with van der Waals surface area (Å²) in [6.45, 7) is 0. The standard InChI is InChI=1S/C11H11BrFNO2/c1-16-11(15)9-6-8(4-2-3-5-12)7-14-10(9)13/h2,4,6-7H,3,5H2,1H3. The van der Waals surface area contributed by atoms with Crippen LogP contribution in [0.5, 0.6) is 0 Å². The van der Waals surface area contributed by atoms with Crippen LogP contribution in [0.1, 0.15) is 22.3 Å². The topological polar surface area (TPSA) is 39.2 Å². The highest BCUT2D eigenvalue weighted by molar-refractivity contribution is 9.09. The van der Waals surface area contributed by atoms with Crippen LogP contribution in [0.25, 0.3) is 6.08 Å². The van der Waals surface area contributed by atoms with Crippen LogP contribution < -0.4 is 0 Å². The van der Waals surface area contributed by atoms with E-state index in [1.165, 1.54) is 19.4 Å². The minimum atomic E-state index is -0.815. The van der Waals surface area contributed by atoms with Gasteiger partial charge in [0.2, 0.25) is 5.95 Å². The van der Waals surface area contributed by atoms with E-state index in [1.54, 1.807) is 6.08 Å². The monoisotopic (exact) mass is 287 g/mol. The molecule has 0 unspecified atom stereocenters. The van der Waals surface area contributed by atoms with Gasteiger partial charge in [-0.25, -0.2) is 9.78 Å². The molecule has 1 heterocycles. The molecule has 0 fully saturated rings. The molecule has 1 aromatic heterocycles. The van der Waals surface area contributed by atoms with Crippen LogP contribution in [0.4, 0.5) is 4.39 Å². The number of carbonyl (C=O) groups excluding carboxylic acids is 1. The second-order valence-corrected chi connectivity index (χ2v) is 3.77. The van der Waals surface area contributed by atoms with Gasteiger partial charge in [-0.2, -0.15) is 4.39 Å². The first-order valence-corrected chi connectivity index (χ1v) is 5.77. The molecule has 0 radical (unpaired) electrons. The van der Waals surface area contributed by atoms with E-state index in [9.17, 15) is 9.18 Å². The maximum atomic E-state index is 13.2. The van der Waals surface area contributed by atoms with Crippen molar-refractivity contribution in [2.75, 3.05) is 12.4 Å². The second kappa shape index (κ2) is 6.37. The van der Waals surface area contributed by atoms with E-state index in [0.29, 0.717) is 5.56 Å². The number of hydrogen-bond donors (Lipinski definition) is 0. The Morgan fingerprint density at radius 1 is 1.69 bits per heavy atom. The fraction of sp³-hybridized carbons (Fsp3) is 0.273. The fourth-order valence-electron chi connectivity index (χ4n) is 1.09. The molecule has 5 heteroatoms. The molecule has 86 valence electrons. The van der Waals surface area contributed by atoms with Gasteiger partial charge in [-0.3, -0.25) is 0 Å². The molecule has 0 aromatic carbocycles. The minimum absolute atomic E-state index is 0.150. The number of pyridine rings is 1. The van der Waals surface area contributed by atoms with E-state index >= 15 is 0 Å². The average Bonchev–Trinajstić information content (AvgIpc) is 2.30. The fourth-order valence-corrected chi connectivity index (χ4v) is 1.36. The maximum Gasteiger partial charge on any atom is 0.342 e. The number of allylic oxidation sites excluding steroid dienone is 1. The number of ether oxygens (including phenoxy) is 1. The number of esters is 1. The highest BCUT2D eigenvalue weighted by atomic mass is 79.9. The molecule has 0 spiro atoms. The lowest BCUT2D eigenvalue weighted by molar-refractivity contribution is 0.0594. The van der Waals surface area contributed by atoms with E-state index in [0.717, 1.165) is 11.8 Å². The van der Waals surface area contributed by atoms with Crippen molar-refractivity contribution < 1.29 is 13.9 Å². The quantitative estimate of drug-likeness (QED) is 0.486. The summed E-state index contributed by atoms with van der Waals surface area (Å²) in [7, 11) is 1.20. The molecule has 0 N–H and O–H groups in total. The molecule has 16 heavy (non-hydrogen) atoms. The number of methoxy groups -OCH3 is 1. The Labute approximate surface area is 101 Å². The molecule has 0 aliphatic carbocycles. The van der Waals surface area contributed by atoms with Crippen molar-refractivity contribution in [3.05, 3.63) is 35.4 Å². The summed E-state index contributed by atoms with van der Waals surface area (Å²) in [6, 6.07) is 1.42. The van der Waals surface area contributed by atoms with Crippen molar-refractivity contribution >= 4 is 28.0 Å². The van der Waals surface area contributed by atoms with Crippen LogP contribution in [-0.2, 0) is 4.74 Å². The molecule has 0 aliphatic rings. The summed E-state index contributed by atoms with van der Waals surface area (Å²) in [5.41, 5.74) is 0.520. The number of aromatic nitrogens is 1. The van der Waals surface area contributed by atoms with Crippen molar-refractivity contribution in [2.24, 2.45) is 0 Å². The molecule has 0 aliphatic heterocycles. The lowest BCUT2D eigenvalue weighted by atomic mass is 10.2. The van der Waals surface area contributed by atoms with Gasteiger partial charge in [-0.05, 0) is 18.1 Å². The van der Waals surface area contributed by atoms with Crippen molar-refractivity contribution in [1.82, 2.24) is 4.98 Å². The molecular formula is C11H11BrFNO2. The first-order chi connectivity index (χ1) is 7.69. The van der Waals surface area contributed by atoms with Crippen molar-refractivity contribution in [3.63, 3.8) is 0 Å². The second-order valence-electron chi connectivity index (χ2n) is 2.98. The first-order valence-electron chi connectivity index (χ1n) is 4.65. The molecule has 1 rings (SSSR count). The van der Waals surface area contributed by atoms with Gasteiger partial charge in [0.15, 0.2) is 0 Å². The number of carbonyl (C=O) groups is 1. The molecular weight excluding hydrogens is 277 g/mol. The van der Waals surface area contributed by atoms with E-state index in [2.05, 4.69) is 25.7 Å². The largest absolute Gasteiger partial charge is 0.465 e. The molecule has 0 atom stereocenters. The van der Waals surface area contributed by atoms with E-state index in [1.807, 2.05) is 6.08 Å². The maximum absolute atomic E-state index is 13.2. The summed E-state index contributed by atoms with van der Waals surface area (Å²) in [4.78, 5) is 14.7. The van der Waals surface area contributed by atoms with Crippen LogP contribution in [-0.4, -0.2) is 23.4 Å². The summed E-state index contributed by atoms with van der Waals surface area (Å²) >= 11 is 3.28. The number of rotatable bonds is 4. The Bertz CT molecular complexity index is 407. The number of alkyl halides is 1. The minimum Gasteiger partial charge on any atom is -0.465 e. The van der Waals surface area contributed by atoms with Gasteiger partial charge < -0.3 is 4.74 Å². The predicted octanol–water partition coefficient (Wildman–Crippen LogP) is 2.81. The Hall–Kier alpha value is -1.23. The summed E-state index contributed by atoms with van der Waals surface area (Å²) in [6.07, 6.45) is 5.91.